The molecule has 0 spiro atoms. The Balaban J connectivity index is 0.000000586. The average Bonchev–Trinajstić information content (AvgIpc) is 3.04. The molecule has 0 unspecified atom stereocenters. The molecule has 0 heterocycles. The number of rotatable bonds is 5. The maximum Gasteiger partial charge on any atom is 0.341 e. The predicted octanol–water partition coefficient (Wildman–Crippen LogP) is 11.2. The minimum Gasteiger partial charge on any atom is -0.507 e. The summed E-state index contributed by atoms with van der Waals surface area (Å²) in [5.74, 6) is -13.2. The van der Waals surface area contributed by atoms with E-state index in [0.29, 0.717) is 11.5 Å². The van der Waals surface area contributed by atoms with Crippen molar-refractivity contribution in [2.75, 3.05) is 0 Å². The van der Waals surface area contributed by atoms with Crippen LogP contribution in [0.15, 0.2) is 34.3 Å². The van der Waals surface area contributed by atoms with Crippen molar-refractivity contribution in [1.29, 1.82) is 0 Å². The maximum atomic E-state index is 12.6. The third kappa shape index (κ3) is 11.4. The summed E-state index contributed by atoms with van der Waals surface area (Å²) in [4.78, 5) is 20.2. The van der Waals surface area contributed by atoms with E-state index in [4.69, 9.17) is 15.1 Å². The van der Waals surface area contributed by atoms with Gasteiger partial charge in [-0.2, -0.15) is 0 Å². The van der Waals surface area contributed by atoms with Crippen LogP contribution in [0.2, 0.25) is 0 Å². The Morgan fingerprint density at radius 1 is 0.582 bits per heavy atom. The smallest absolute Gasteiger partial charge is 0.341 e. The van der Waals surface area contributed by atoms with Crippen molar-refractivity contribution in [3.05, 3.63) is 92.3 Å². The minimum atomic E-state index is -2.38. The number of carboxylic acids is 1. The fourth-order valence-corrected chi connectivity index (χ4v) is 6.10. The van der Waals surface area contributed by atoms with Crippen LogP contribution in [0, 0.1) is 29.1 Å². The maximum absolute atomic E-state index is 12.6. The molecule has 0 aromatic heterocycles. The zero-order chi connectivity index (χ0) is 41.3. The van der Waals surface area contributed by atoms with Crippen LogP contribution in [0.4, 0.5) is 22.0 Å². The SMILES string of the molecule is CC(C)(C)c1cc(C=N[C@H]2CCCC[C@@H]2N=Cc2cc(C(C)(C)C)cc(C(C)(C)C)c2O)c(O)c(C(C)(C)C)c1.O=C(O)c1c(F)c(F)c(F)c(F)c1F.[Co]. The Morgan fingerprint density at radius 3 is 1.16 bits per heavy atom. The molecule has 1 fully saturated rings. The van der Waals surface area contributed by atoms with Gasteiger partial charge in [-0.3, -0.25) is 9.98 Å². The second-order valence-electron chi connectivity index (χ2n) is 18.1. The quantitative estimate of drug-likeness (QED) is 0.103. The van der Waals surface area contributed by atoms with Crippen LogP contribution in [0.5, 0.6) is 11.5 Å². The van der Waals surface area contributed by atoms with E-state index in [0.717, 1.165) is 47.9 Å². The normalized spacial score (nSPS) is 16.9. The second-order valence-corrected chi connectivity index (χ2v) is 18.1. The van der Waals surface area contributed by atoms with Crippen LogP contribution < -0.4 is 0 Å². The molecule has 0 saturated heterocycles. The Bertz CT molecular complexity index is 1810. The molecule has 3 N–H and O–H groups in total. The van der Waals surface area contributed by atoms with Gasteiger partial charge in [-0.05, 0) is 57.8 Å². The molecule has 1 saturated carbocycles. The zero-order valence-electron chi connectivity index (χ0n) is 33.8. The molecule has 3 aromatic carbocycles. The van der Waals surface area contributed by atoms with Gasteiger partial charge in [-0.1, -0.05) is 108 Å². The Hall–Kier alpha value is -3.77. The fourth-order valence-electron chi connectivity index (χ4n) is 6.10. The first-order valence-corrected chi connectivity index (χ1v) is 18.1. The van der Waals surface area contributed by atoms with E-state index in [2.05, 4.69) is 107 Å². The molecule has 1 aliphatic rings. The topological polar surface area (TPSA) is 102 Å². The number of aromatic carboxylic acids is 1. The van der Waals surface area contributed by atoms with E-state index in [9.17, 15) is 37.0 Å². The summed E-state index contributed by atoms with van der Waals surface area (Å²) >= 11 is 0. The van der Waals surface area contributed by atoms with Gasteiger partial charge in [0.2, 0.25) is 5.82 Å². The molecule has 1 radical (unpaired) electrons. The Kier molecular flexibility index (Phi) is 15.1. The summed E-state index contributed by atoms with van der Waals surface area (Å²) in [5.41, 5.74) is 3.53. The van der Waals surface area contributed by atoms with E-state index in [1.807, 2.05) is 12.4 Å². The van der Waals surface area contributed by atoms with Crippen molar-refractivity contribution < 1.29 is 58.8 Å². The molecule has 0 bridgehead atoms. The van der Waals surface area contributed by atoms with Gasteiger partial charge in [0.05, 0.1) is 12.1 Å². The van der Waals surface area contributed by atoms with Gasteiger partial charge in [-0.15, -0.1) is 0 Å². The monoisotopic (exact) mass is 817 g/mol. The molecular weight excluding hydrogens is 762 g/mol. The molecule has 55 heavy (non-hydrogen) atoms. The van der Waals surface area contributed by atoms with Crippen LogP contribution >= 0.6 is 0 Å². The summed E-state index contributed by atoms with van der Waals surface area (Å²) in [7, 11) is 0. The van der Waals surface area contributed by atoms with Crippen molar-refractivity contribution in [3.8, 4) is 11.5 Å². The minimum absolute atomic E-state index is 0. The molecule has 0 amide bonds. The molecule has 3 aromatic rings. The number of carbonyl (C=O) groups is 1. The van der Waals surface area contributed by atoms with Crippen molar-refractivity contribution in [2.24, 2.45) is 9.98 Å². The number of halogens is 5. The van der Waals surface area contributed by atoms with E-state index in [1.54, 1.807) is 0 Å². The van der Waals surface area contributed by atoms with Gasteiger partial charge in [0.25, 0.3) is 0 Å². The molecule has 4 rings (SSSR count). The fraction of sp³-hybridized carbons (Fsp3) is 0.512. The standard InChI is InChI=1S/C36H54N2O2.C7HF5O2.Co/c1-33(2,3)25-17-23(31(39)27(19-25)35(7,8)9)21-37-29-15-13-14-16-30(29)38-22-24-18-26(34(4,5)6)20-28(32(24)40)36(10,11)12;8-2-1(7(13)14)3(9)5(11)6(12)4(2)10;/h17-22,29-30,39-40H,13-16H2,1-12H3;(H,13,14);/t29-,30-;;/m0../s1. The van der Waals surface area contributed by atoms with E-state index in [1.165, 1.54) is 11.1 Å². The molecular formula is C43H55CoF5N2O4. The molecule has 6 nitrogen and oxygen atoms in total. The van der Waals surface area contributed by atoms with Crippen molar-refractivity contribution in [3.63, 3.8) is 0 Å². The van der Waals surface area contributed by atoms with Crippen molar-refractivity contribution >= 4 is 18.4 Å². The third-order valence-electron chi connectivity index (χ3n) is 9.55. The van der Waals surface area contributed by atoms with Gasteiger partial charge in [0.15, 0.2) is 23.3 Å². The van der Waals surface area contributed by atoms with Crippen molar-refractivity contribution in [1.82, 2.24) is 0 Å². The molecule has 12 heteroatoms. The van der Waals surface area contributed by atoms with Gasteiger partial charge in [0, 0.05) is 51.5 Å². The van der Waals surface area contributed by atoms with E-state index in [-0.39, 0.29) is 50.5 Å². The molecule has 1 aliphatic carbocycles. The zero-order valence-corrected chi connectivity index (χ0v) is 34.9. The number of hydrogen-bond acceptors (Lipinski definition) is 5. The first-order valence-electron chi connectivity index (χ1n) is 18.1. The summed E-state index contributed by atoms with van der Waals surface area (Å²) in [6.07, 6.45) is 7.90. The summed E-state index contributed by atoms with van der Waals surface area (Å²) in [6, 6.07) is 8.53. The number of phenols is 2. The molecule has 2 atom stereocenters. The number of benzene rings is 3. The third-order valence-corrected chi connectivity index (χ3v) is 9.55. The summed E-state index contributed by atoms with van der Waals surface area (Å²) in [6.45, 7) is 26.0. The number of aromatic hydroxyl groups is 2. The Labute approximate surface area is 332 Å². The van der Waals surface area contributed by atoms with Gasteiger partial charge >= 0.3 is 5.97 Å². The van der Waals surface area contributed by atoms with Gasteiger partial charge in [-0.25, -0.2) is 26.7 Å². The van der Waals surface area contributed by atoms with Crippen molar-refractivity contribution in [2.45, 2.75) is 143 Å². The summed E-state index contributed by atoms with van der Waals surface area (Å²) in [5, 5.41) is 30.6. The van der Waals surface area contributed by atoms with Crippen LogP contribution in [0.25, 0.3) is 0 Å². The average molecular weight is 818 g/mol. The van der Waals surface area contributed by atoms with Crippen LogP contribution in [0.1, 0.15) is 153 Å². The predicted molar refractivity (Wildman–Crippen MR) is 205 cm³/mol. The number of nitrogens with zero attached hydrogens (tertiary/aromatic N) is 2. The van der Waals surface area contributed by atoms with E-state index < -0.39 is 40.6 Å². The number of phenolic OH excluding ortho intramolecular Hbond substituents is 2. The number of aliphatic imine (C=N–C) groups is 2. The van der Waals surface area contributed by atoms with E-state index >= 15 is 0 Å². The summed E-state index contributed by atoms with van der Waals surface area (Å²) < 4.78 is 62.1. The van der Waals surface area contributed by atoms with Crippen LogP contribution in [-0.4, -0.2) is 45.8 Å². The largest absolute Gasteiger partial charge is 0.507 e. The van der Waals surface area contributed by atoms with Crippen LogP contribution in [-0.2, 0) is 38.4 Å². The number of carboxylic acid groups (broad SMARTS) is 1. The van der Waals surface area contributed by atoms with Gasteiger partial charge < -0.3 is 15.3 Å². The second kappa shape index (κ2) is 17.6. The first-order chi connectivity index (χ1) is 24.6. The first kappa shape index (κ1) is 47.4. The van der Waals surface area contributed by atoms with Gasteiger partial charge in [0.1, 0.15) is 17.1 Å². The molecule has 305 valence electrons. The Morgan fingerprint density at radius 2 is 0.891 bits per heavy atom. The number of hydrogen-bond donors (Lipinski definition) is 3. The molecule has 0 aliphatic heterocycles. The van der Waals surface area contributed by atoms with Crippen LogP contribution in [0.3, 0.4) is 0 Å².